The van der Waals surface area contributed by atoms with Crippen LogP contribution in [0.5, 0.6) is 5.75 Å². The van der Waals surface area contributed by atoms with E-state index < -0.39 is 31.2 Å². The minimum absolute atomic E-state index is 0. The molecule has 0 unspecified atom stereocenters. The van der Waals surface area contributed by atoms with E-state index in [-0.39, 0.29) is 10.1 Å². The van der Waals surface area contributed by atoms with Crippen LogP contribution in [-0.2, 0) is 10.9 Å². The Hall–Kier alpha value is -2.39. The van der Waals surface area contributed by atoms with Crippen molar-refractivity contribution in [3.05, 3.63) is 106 Å². The van der Waals surface area contributed by atoms with Gasteiger partial charge in [0.25, 0.3) is 0 Å². The third-order valence-corrected chi connectivity index (χ3v) is 12.0. The summed E-state index contributed by atoms with van der Waals surface area (Å²) in [6.07, 6.45) is 12.7. The number of benzene rings is 4. The Labute approximate surface area is 306 Å². The molecular weight excluding hydrogens is 824 g/mol. The Bertz CT molecular complexity index is 1810. The summed E-state index contributed by atoms with van der Waals surface area (Å²) in [5.74, 6) is 0.816. The summed E-state index contributed by atoms with van der Waals surface area (Å²) in [5, 5.41) is 1.82. The molecule has 1 aromatic heterocycles. The van der Waals surface area contributed by atoms with E-state index in [1.54, 1.807) is 11.3 Å². The number of unbranched alkanes of at least 4 members (excludes halogenated alkanes) is 9. The maximum atomic E-state index is 13.9. The van der Waals surface area contributed by atoms with Crippen LogP contribution in [0.15, 0.2) is 104 Å². The molecule has 0 bridgehead atoms. The predicted molar refractivity (Wildman–Crippen MR) is 199 cm³/mol. The topological polar surface area (TPSA) is 26.3 Å². The van der Waals surface area contributed by atoms with Crippen molar-refractivity contribution < 1.29 is 23.5 Å². The van der Waals surface area contributed by atoms with Crippen LogP contribution in [0.25, 0.3) is 20.2 Å². The fourth-order valence-electron chi connectivity index (χ4n) is 5.69. The molecule has 272 valence electrons. The fraction of sp³-hybridized carbons (Fsp3) is 0.342. The zero-order valence-electron chi connectivity index (χ0n) is 28.1. The molecule has 0 N–H and O–H groups in total. The van der Waals surface area contributed by atoms with Crippen molar-refractivity contribution in [3.8, 4) is 5.75 Å². The average Bonchev–Trinajstić information content (AvgIpc) is 3.07. The minimum atomic E-state index is -9.19. The first-order valence-electron chi connectivity index (χ1n) is 16.6. The molecule has 0 fully saturated rings. The zero-order chi connectivity index (χ0) is 35.5. The molecule has 0 atom stereocenters. The van der Waals surface area contributed by atoms with Crippen molar-refractivity contribution in [2.45, 2.75) is 92.7 Å². The summed E-state index contributed by atoms with van der Waals surface area (Å²) in [7, 11) is -0.465. The molecule has 50 heavy (non-hydrogen) atoms. The molecule has 0 spiro atoms. The van der Waals surface area contributed by atoms with E-state index in [4.69, 9.17) is 16.3 Å². The van der Waals surface area contributed by atoms with E-state index in [9.17, 15) is 18.9 Å². The van der Waals surface area contributed by atoms with Crippen LogP contribution in [0.1, 0.15) is 76.7 Å². The van der Waals surface area contributed by atoms with Crippen LogP contribution in [-0.4, -0.2) is 26.9 Å². The molecule has 5 rings (SSSR count). The van der Waals surface area contributed by atoms with E-state index in [1.807, 2.05) is 24.3 Å². The number of hydrogen-bond acceptors (Lipinski definition) is 3. The van der Waals surface area contributed by atoms with Gasteiger partial charge in [-0.15, -0.1) is 11.3 Å². The van der Waals surface area contributed by atoms with Crippen molar-refractivity contribution in [1.82, 2.24) is 0 Å². The van der Waals surface area contributed by atoms with Crippen molar-refractivity contribution in [2.24, 2.45) is 0 Å². The van der Waals surface area contributed by atoms with Crippen molar-refractivity contribution in [1.29, 1.82) is 0 Å². The maximum absolute atomic E-state index is 13.9. The fourth-order valence-corrected chi connectivity index (χ4v) is 9.68. The molecule has 0 saturated heterocycles. The second-order valence-corrected chi connectivity index (χ2v) is 18.9. The summed E-state index contributed by atoms with van der Waals surface area (Å²) >= 11 is -0.420. The summed E-state index contributed by atoms with van der Waals surface area (Å²) in [5.41, 5.74) is 0.898. The Kier molecular flexibility index (Phi) is 16.3. The number of rotatable bonds is 15. The molecule has 0 aliphatic rings. The second-order valence-electron chi connectivity index (χ2n) is 11.8. The molecule has 5 aromatic rings. The van der Waals surface area contributed by atoms with E-state index in [0.717, 1.165) is 38.4 Å². The first-order chi connectivity index (χ1) is 23.3. The van der Waals surface area contributed by atoms with E-state index in [2.05, 4.69) is 74.5 Å². The van der Waals surface area contributed by atoms with Gasteiger partial charge < -0.3 is 9.44 Å². The Morgan fingerprint density at radius 1 is 0.720 bits per heavy atom. The second kappa shape index (κ2) is 19.4. The molecule has 1 heterocycles. The van der Waals surface area contributed by atoms with Gasteiger partial charge in [0.2, 0.25) is 4.90 Å². The monoisotopic (exact) mass is 864 g/mol. The predicted octanol–water partition coefficient (Wildman–Crippen LogP) is 10.5. The third-order valence-electron chi connectivity index (χ3n) is 8.01. The molecule has 4 aromatic carbocycles. The van der Waals surface area contributed by atoms with Crippen LogP contribution in [0.4, 0.5) is 14.1 Å². The summed E-state index contributed by atoms with van der Waals surface area (Å²) in [6, 6.07) is 29.0. The molecule has 12 heteroatoms. The standard InChI is InChI=1S/C38H42ClO2S2.6FH.Sb/c1-3-4-5-6-7-8-9-10-11-20-27-41-36-37-33(35(40)31-25-18-19-26-32(31)42-37)34(39)28(2)38(36)43(29-21-14-12-15-22-29)30-23-16-13-17-24-30;;;;;;;/h12-19,21-26H,3-11,20,27H2,1-2H3;6*1H;/q+1;;;;;;;+5/p-6. The summed E-state index contributed by atoms with van der Waals surface area (Å²) < 4.78 is 58.2. The summed E-state index contributed by atoms with van der Waals surface area (Å²) in [4.78, 5) is 17.3. The quantitative estimate of drug-likeness (QED) is 0.0345. The van der Waals surface area contributed by atoms with Crippen molar-refractivity contribution in [3.63, 3.8) is 0 Å². The third kappa shape index (κ3) is 12.4. The Balaban J connectivity index is 0.000000888. The first kappa shape index (κ1) is 42.0. The van der Waals surface area contributed by atoms with Gasteiger partial charge in [0, 0.05) is 15.6 Å². The number of fused-ring (bicyclic) bond motifs is 2. The molecular formula is C38H42ClF6O2S2Sb. The van der Waals surface area contributed by atoms with E-state index >= 15 is 0 Å². The molecule has 0 aliphatic carbocycles. The average molecular weight is 866 g/mol. The summed E-state index contributed by atoms with van der Waals surface area (Å²) in [6.45, 7) is 4.94. The molecule has 2 nitrogen and oxygen atoms in total. The molecule has 0 saturated carbocycles. The van der Waals surface area contributed by atoms with E-state index in [0.29, 0.717) is 22.4 Å². The normalized spacial score (nSPS) is 12.2. The Morgan fingerprint density at radius 3 is 1.70 bits per heavy atom. The van der Waals surface area contributed by atoms with Crippen molar-refractivity contribution in [2.75, 3.05) is 6.61 Å². The SMILES string of the molecule is CCCCCCCCCCCCOc1c([S+](c2ccccc2)c2ccccc2)c(C)c(Cl)c2c(=O)c3ccccc3sc12.[F-].[F][Sb]([F])([F])([F])[F]. The van der Waals surface area contributed by atoms with Gasteiger partial charge in [0.05, 0.1) is 21.7 Å². The zero-order valence-corrected chi connectivity index (χ0v) is 33.0. The van der Waals surface area contributed by atoms with E-state index in [1.165, 1.54) is 61.2 Å². The van der Waals surface area contributed by atoms with Gasteiger partial charge in [0.1, 0.15) is 10.9 Å². The van der Waals surface area contributed by atoms with Gasteiger partial charge >= 0.3 is 34.4 Å². The van der Waals surface area contributed by atoms with Crippen LogP contribution in [0.2, 0.25) is 5.02 Å². The molecule has 0 aliphatic heterocycles. The van der Waals surface area contributed by atoms with Gasteiger partial charge in [-0.2, -0.15) is 0 Å². The number of hydrogen-bond donors (Lipinski definition) is 0. The van der Waals surface area contributed by atoms with Crippen LogP contribution < -0.4 is 14.9 Å². The number of ether oxygens (including phenoxy) is 1. The molecule has 0 amide bonds. The van der Waals surface area contributed by atoms with Crippen LogP contribution in [0.3, 0.4) is 0 Å². The van der Waals surface area contributed by atoms with Crippen LogP contribution in [0, 0.1) is 6.92 Å². The number of halogens is 7. The van der Waals surface area contributed by atoms with Crippen molar-refractivity contribution >= 4 is 74.3 Å². The van der Waals surface area contributed by atoms with Gasteiger partial charge in [-0.1, -0.05) is 125 Å². The van der Waals surface area contributed by atoms with Gasteiger partial charge in [-0.05, 0) is 49.7 Å². The first-order valence-corrected chi connectivity index (χ1v) is 23.9. The van der Waals surface area contributed by atoms with Gasteiger partial charge in [-0.25, -0.2) is 0 Å². The van der Waals surface area contributed by atoms with Gasteiger partial charge in [0.15, 0.2) is 21.0 Å². The Morgan fingerprint density at radius 2 is 1.18 bits per heavy atom. The van der Waals surface area contributed by atoms with Gasteiger partial charge in [-0.3, -0.25) is 4.79 Å². The van der Waals surface area contributed by atoms with Crippen LogP contribution >= 0.6 is 22.9 Å². The molecule has 0 radical (unpaired) electrons.